The molecule has 1 amide bonds. The molecule has 0 heterocycles. The molecule has 0 saturated heterocycles. The van der Waals surface area contributed by atoms with Crippen LogP contribution >= 0.6 is 0 Å². The number of hydrogen-bond acceptors (Lipinski definition) is 5. The topological polar surface area (TPSA) is 98.5 Å². The Morgan fingerprint density at radius 2 is 2.14 bits per heavy atom. The second kappa shape index (κ2) is 7.93. The fraction of sp³-hybridized carbons (Fsp3) is 0.385. The molecule has 1 rings (SSSR count). The lowest BCUT2D eigenvalue weighted by Gasteiger charge is -2.05. The van der Waals surface area contributed by atoms with Crippen LogP contribution in [0.25, 0.3) is 0 Å². The van der Waals surface area contributed by atoms with Crippen molar-refractivity contribution in [3.05, 3.63) is 39.7 Å². The number of benzene rings is 1. The molecule has 0 atom stereocenters. The molecule has 21 heavy (non-hydrogen) atoms. The molecule has 0 unspecified atom stereocenters. The number of carbonyl (C=O) groups is 2. The Kier molecular flexibility index (Phi) is 6.25. The van der Waals surface area contributed by atoms with Crippen molar-refractivity contribution in [2.45, 2.75) is 19.8 Å². The van der Waals surface area contributed by atoms with Gasteiger partial charge in [-0.2, -0.15) is 4.39 Å². The maximum atomic E-state index is 13.4. The van der Waals surface area contributed by atoms with E-state index in [1.807, 2.05) is 0 Å². The second-order valence-electron chi connectivity index (χ2n) is 4.09. The molecule has 0 bridgehead atoms. The summed E-state index contributed by atoms with van der Waals surface area (Å²) in [5, 5.41) is 12.9. The number of halogens is 1. The minimum atomic E-state index is -1.07. The molecule has 0 radical (unpaired) electrons. The smallest absolute Gasteiger partial charge is 0.305 e. The zero-order valence-electron chi connectivity index (χ0n) is 11.4. The molecule has 0 fully saturated rings. The molecule has 0 aliphatic carbocycles. The van der Waals surface area contributed by atoms with Crippen LogP contribution in [0.4, 0.5) is 10.1 Å². The van der Waals surface area contributed by atoms with E-state index in [1.165, 1.54) is 6.07 Å². The summed E-state index contributed by atoms with van der Waals surface area (Å²) in [5.41, 5.74) is -0.705. The van der Waals surface area contributed by atoms with Gasteiger partial charge in [-0.3, -0.25) is 19.7 Å². The fourth-order valence-corrected chi connectivity index (χ4v) is 1.57. The quantitative estimate of drug-likeness (QED) is 0.358. The number of amides is 1. The number of ether oxygens (including phenoxy) is 1. The van der Waals surface area contributed by atoms with Crippen LogP contribution in [-0.2, 0) is 9.53 Å². The summed E-state index contributed by atoms with van der Waals surface area (Å²) in [7, 11) is 0. The largest absolute Gasteiger partial charge is 0.466 e. The number of nitro groups is 1. The van der Waals surface area contributed by atoms with Crippen molar-refractivity contribution >= 4 is 17.6 Å². The second-order valence-corrected chi connectivity index (χ2v) is 4.09. The molecule has 0 aromatic heterocycles. The molecule has 1 aromatic rings. The number of nitro benzene ring substituents is 1. The molecular formula is C13H15FN2O5. The summed E-state index contributed by atoms with van der Waals surface area (Å²) >= 11 is 0. The van der Waals surface area contributed by atoms with Gasteiger partial charge in [-0.05, 0) is 25.5 Å². The highest BCUT2D eigenvalue weighted by Gasteiger charge is 2.16. The number of hydrogen-bond donors (Lipinski definition) is 1. The molecule has 0 aliphatic rings. The summed E-state index contributed by atoms with van der Waals surface area (Å²) in [6.45, 7) is 2.21. The van der Waals surface area contributed by atoms with Gasteiger partial charge in [-0.25, -0.2) is 0 Å². The van der Waals surface area contributed by atoms with Gasteiger partial charge in [-0.1, -0.05) is 0 Å². The summed E-state index contributed by atoms with van der Waals surface area (Å²) in [6.07, 6.45) is 0.558. The average molecular weight is 298 g/mol. The van der Waals surface area contributed by atoms with Crippen LogP contribution in [0.1, 0.15) is 30.1 Å². The van der Waals surface area contributed by atoms with Gasteiger partial charge in [0, 0.05) is 24.6 Å². The molecule has 1 aromatic carbocycles. The van der Waals surface area contributed by atoms with E-state index in [1.54, 1.807) is 6.92 Å². The zero-order valence-corrected chi connectivity index (χ0v) is 11.4. The third-order valence-corrected chi connectivity index (χ3v) is 2.56. The van der Waals surface area contributed by atoms with Gasteiger partial charge in [0.1, 0.15) is 0 Å². The van der Waals surface area contributed by atoms with E-state index in [0.29, 0.717) is 13.0 Å². The number of nitrogens with zero attached hydrogens (tertiary/aromatic N) is 1. The van der Waals surface area contributed by atoms with Gasteiger partial charge < -0.3 is 10.1 Å². The van der Waals surface area contributed by atoms with E-state index in [2.05, 4.69) is 5.32 Å². The van der Waals surface area contributed by atoms with Gasteiger partial charge in [-0.15, -0.1) is 0 Å². The minimum absolute atomic E-state index is 0.0192. The van der Waals surface area contributed by atoms with Gasteiger partial charge in [0.05, 0.1) is 11.5 Å². The first kappa shape index (κ1) is 16.5. The summed E-state index contributed by atoms with van der Waals surface area (Å²) in [6, 6.07) is 2.91. The van der Waals surface area contributed by atoms with Crippen LogP contribution in [-0.4, -0.2) is 30.0 Å². The highest BCUT2D eigenvalue weighted by atomic mass is 19.1. The Hall–Kier alpha value is -2.51. The number of esters is 1. The van der Waals surface area contributed by atoms with Gasteiger partial charge in [0.15, 0.2) is 0 Å². The maximum absolute atomic E-state index is 13.4. The molecule has 8 heteroatoms. The fourth-order valence-electron chi connectivity index (χ4n) is 1.57. The van der Waals surface area contributed by atoms with Crippen LogP contribution in [0.5, 0.6) is 0 Å². The summed E-state index contributed by atoms with van der Waals surface area (Å²) < 4.78 is 18.1. The van der Waals surface area contributed by atoms with E-state index in [4.69, 9.17) is 4.74 Å². The molecule has 0 spiro atoms. The van der Waals surface area contributed by atoms with Crippen LogP contribution in [0, 0.1) is 15.9 Å². The lowest BCUT2D eigenvalue weighted by Crippen LogP contribution is -2.25. The van der Waals surface area contributed by atoms with Crippen molar-refractivity contribution in [2.75, 3.05) is 13.2 Å². The van der Waals surface area contributed by atoms with Crippen LogP contribution in [0.3, 0.4) is 0 Å². The van der Waals surface area contributed by atoms with Crippen molar-refractivity contribution in [2.24, 2.45) is 0 Å². The van der Waals surface area contributed by atoms with Crippen molar-refractivity contribution in [1.82, 2.24) is 5.32 Å². The number of nitrogens with one attached hydrogen (secondary N) is 1. The van der Waals surface area contributed by atoms with E-state index in [9.17, 15) is 24.1 Å². The van der Waals surface area contributed by atoms with E-state index in [0.717, 1.165) is 12.1 Å². The highest BCUT2D eigenvalue weighted by molar-refractivity contribution is 5.94. The third kappa shape index (κ3) is 5.17. The van der Waals surface area contributed by atoms with Crippen LogP contribution in [0.2, 0.25) is 0 Å². The van der Waals surface area contributed by atoms with E-state index in [-0.39, 0.29) is 24.5 Å². The number of rotatable bonds is 7. The van der Waals surface area contributed by atoms with Gasteiger partial charge in [0.25, 0.3) is 5.91 Å². The monoisotopic (exact) mass is 298 g/mol. The molecular weight excluding hydrogens is 283 g/mol. The first-order valence-electron chi connectivity index (χ1n) is 6.33. The Morgan fingerprint density at radius 3 is 2.71 bits per heavy atom. The van der Waals surface area contributed by atoms with E-state index < -0.39 is 22.3 Å². The number of carbonyl (C=O) groups excluding carboxylic acids is 2. The van der Waals surface area contributed by atoms with Gasteiger partial charge in [0.2, 0.25) is 5.82 Å². The maximum Gasteiger partial charge on any atom is 0.305 e. The highest BCUT2D eigenvalue weighted by Crippen LogP contribution is 2.17. The standard InChI is InChI=1S/C13H15FN2O5/c1-2-21-12(17)4-3-7-15-13(18)9-5-6-11(16(19)20)10(14)8-9/h5-6,8H,2-4,7H2,1H3,(H,15,18). The van der Waals surface area contributed by atoms with Crippen molar-refractivity contribution in [3.63, 3.8) is 0 Å². The predicted octanol–water partition coefficient (Wildman–Crippen LogP) is 1.81. The van der Waals surface area contributed by atoms with Crippen molar-refractivity contribution in [3.8, 4) is 0 Å². The summed E-state index contributed by atoms with van der Waals surface area (Å²) in [5.74, 6) is -1.99. The van der Waals surface area contributed by atoms with Crippen molar-refractivity contribution in [1.29, 1.82) is 0 Å². The molecule has 7 nitrogen and oxygen atoms in total. The van der Waals surface area contributed by atoms with Crippen LogP contribution in [0.15, 0.2) is 18.2 Å². The first-order valence-corrected chi connectivity index (χ1v) is 6.33. The normalized spacial score (nSPS) is 10.0. The lowest BCUT2D eigenvalue weighted by atomic mass is 10.2. The first-order chi connectivity index (χ1) is 9.95. The Balaban J connectivity index is 2.47. The summed E-state index contributed by atoms with van der Waals surface area (Å²) in [4.78, 5) is 32.3. The molecule has 114 valence electrons. The van der Waals surface area contributed by atoms with Gasteiger partial charge >= 0.3 is 11.7 Å². The Morgan fingerprint density at radius 1 is 1.43 bits per heavy atom. The Labute approximate surface area is 120 Å². The minimum Gasteiger partial charge on any atom is -0.466 e. The molecule has 0 aliphatic heterocycles. The molecule has 0 saturated carbocycles. The zero-order chi connectivity index (χ0) is 15.8. The average Bonchev–Trinajstić information content (AvgIpc) is 2.43. The van der Waals surface area contributed by atoms with E-state index >= 15 is 0 Å². The third-order valence-electron chi connectivity index (χ3n) is 2.56. The van der Waals surface area contributed by atoms with Crippen LogP contribution < -0.4 is 5.32 Å². The lowest BCUT2D eigenvalue weighted by molar-refractivity contribution is -0.387. The van der Waals surface area contributed by atoms with Crippen molar-refractivity contribution < 1.29 is 23.6 Å². The predicted molar refractivity (Wildman–Crippen MR) is 71.3 cm³/mol. The Bertz CT molecular complexity index is 547. The SMILES string of the molecule is CCOC(=O)CCCNC(=O)c1ccc([N+](=O)[O-])c(F)c1. The molecule has 1 N–H and O–H groups in total.